The van der Waals surface area contributed by atoms with E-state index in [0.29, 0.717) is 5.92 Å². The van der Waals surface area contributed by atoms with Crippen molar-refractivity contribution in [3.8, 4) is 0 Å². The third-order valence-corrected chi connectivity index (χ3v) is 13.5. The van der Waals surface area contributed by atoms with Crippen molar-refractivity contribution in [2.75, 3.05) is 39.3 Å². The van der Waals surface area contributed by atoms with Crippen LogP contribution in [0, 0.1) is 5.92 Å². The minimum absolute atomic E-state index is 0.698. The number of hydrogen-bond donors (Lipinski definition) is 0. The van der Waals surface area contributed by atoms with E-state index in [1.807, 2.05) is 0 Å². The van der Waals surface area contributed by atoms with Crippen LogP contribution < -0.4 is 13.7 Å². The number of aromatic nitrogens is 3. The highest BCUT2D eigenvalue weighted by Gasteiger charge is 2.21. The highest BCUT2D eigenvalue weighted by atomic mass is 15.2. The Kier molecular flexibility index (Phi) is 11.4. The summed E-state index contributed by atoms with van der Waals surface area (Å²) >= 11 is 0. The van der Waals surface area contributed by atoms with Gasteiger partial charge in [0.25, 0.3) is 0 Å². The number of nitrogens with zero attached hydrogens (tertiary/aromatic N) is 5. The minimum atomic E-state index is 0.698. The molecule has 9 aromatic rings. The molecule has 0 bridgehead atoms. The molecule has 0 atom stereocenters. The van der Waals surface area contributed by atoms with Gasteiger partial charge in [-0.15, -0.1) is 0 Å². The van der Waals surface area contributed by atoms with Crippen molar-refractivity contribution in [1.29, 1.82) is 0 Å². The highest BCUT2D eigenvalue weighted by Crippen LogP contribution is 2.26. The fraction of sp³-hybridized carbons (Fsp3) is 0.291. The summed E-state index contributed by atoms with van der Waals surface area (Å²) in [7, 11) is 0. The lowest BCUT2D eigenvalue weighted by Gasteiger charge is -2.27. The zero-order chi connectivity index (χ0) is 40.1. The molecule has 60 heavy (non-hydrogen) atoms. The number of para-hydroxylation sites is 3. The first kappa shape index (κ1) is 38.5. The molecule has 0 aliphatic carbocycles. The van der Waals surface area contributed by atoms with Crippen LogP contribution in [0.5, 0.6) is 0 Å². The van der Waals surface area contributed by atoms with Gasteiger partial charge in [-0.05, 0) is 101 Å². The first-order valence-corrected chi connectivity index (χ1v) is 22.6. The zero-order valence-corrected chi connectivity index (χ0v) is 35.0. The molecule has 6 aromatic carbocycles. The van der Waals surface area contributed by atoms with Crippen LogP contribution in [0.25, 0.3) is 65.0 Å². The number of aryl methyl sites for hydroxylation is 1. The Morgan fingerprint density at radius 3 is 1.12 bits per heavy atom. The van der Waals surface area contributed by atoms with E-state index in [2.05, 4.69) is 188 Å². The molecule has 5 nitrogen and oxygen atoms in total. The Bertz CT molecular complexity index is 2590. The summed E-state index contributed by atoms with van der Waals surface area (Å²) in [5.74, 6) is 0.698. The molecule has 0 radical (unpaired) electrons. The van der Waals surface area contributed by atoms with E-state index in [1.165, 1.54) is 104 Å². The normalized spacial score (nSPS) is 15.6. The molecule has 0 unspecified atom stereocenters. The smallest absolute Gasteiger partial charge is 0.213 e. The maximum absolute atomic E-state index is 2.78. The van der Waals surface area contributed by atoms with Crippen molar-refractivity contribution in [1.82, 2.24) is 9.80 Å². The van der Waals surface area contributed by atoms with Crippen LogP contribution in [0.4, 0.5) is 0 Å². The van der Waals surface area contributed by atoms with Gasteiger partial charge in [0.15, 0.2) is 31.7 Å². The van der Waals surface area contributed by atoms with Crippen molar-refractivity contribution in [3.05, 3.63) is 164 Å². The third kappa shape index (κ3) is 8.22. The van der Waals surface area contributed by atoms with E-state index in [-0.39, 0.29) is 0 Å². The molecule has 0 spiro atoms. The third-order valence-electron chi connectivity index (χ3n) is 13.5. The summed E-state index contributed by atoms with van der Waals surface area (Å²) in [6, 6.07) is 53.5. The summed E-state index contributed by atoms with van der Waals surface area (Å²) in [6.45, 7) is 9.77. The zero-order valence-electron chi connectivity index (χ0n) is 35.0. The van der Waals surface area contributed by atoms with Crippen molar-refractivity contribution >= 4 is 65.0 Å². The van der Waals surface area contributed by atoms with Gasteiger partial charge in [0.1, 0.15) is 6.54 Å². The van der Waals surface area contributed by atoms with Gasteiger partial charge in [0, 0.05) is 56.9 Å². The van der Waals surface area contributed by atoms with Crippen LogP contribution in [0.1, 0.15) is 38.5 Å². The first-order chi connectivity index (χ1) is 29.7. The molecular formula is C55H58N5+3. The summed E-state index contributed by atoms with van der Waals surface area (Å²) in [5.41, 5.74) is 4.00. The summed E-state index contributed by atoms with van der Waals surface area (Å²) in [6.07, 6.45) is 14.7. The Labute approximate surface area is 354 Å². The average Bonchev–Trinajstić information content (AvgIpc) is 3.30. The molecule has 5 heteroatoms. The molecule has 3 aromatic heterocycles. The molecule has 1 aliphatic rings. The SMILES string of the molecule is c1ccc2c(c1)c[n+](CCC1CCCN(CC[n+]3cc4ccccc4c4ccccc43)CCCN(CC[n+]3cc4ccccc4c4ccccc43)CCC1)c1ccccc21. The average molecular weight is 789 g/mol. The van der Waals surface area contributed by atoms with Crippen molar-refractivity contribution in [2.45, 2.75) is 58.2 Å². The lowest BCUT2D eigenvalue weighted by Crippen LogP contribution is -2.43. The van der Waals surface area contributed by atoms with Gasteiger partial charge >= 0.3 is 0 Å². The Morgan fingerprint density at radius 2 is 0.700 bits per heavy atom. The van der Waals surface area contributed by atoms with Crippen LogP contribution in [-0.2, 0) is 19.6 Å². The maximum Gasteiger partial charge on any atom is 0.213 e. The second-order valence-corrected chi connectivity index (χ2v) is 17.3. The highest BCUT2D eigenvalue weighted by molar-refractivity contribution is 6.05. The fourth-order valence-corrected chi connectivity index (χ4v) is 10.3. The van der Waals surface area contributed by atoms with Gasteiger partial charge in [0.05, 0.1) is 29.2 Å². The first-order valence-electron chi connectivity index (χ1n) is 22.6. The number of hydrogen-bond acceptors (Lipinski definition) is 2. The predicted octanol–water partition coefficient (Wildman–Crippen LogP) is 10.4. The van der Waals surface area contributed by atoms with Crippen LogP contribution in [0.3, 0.4) is 0 Å². The Morgan fingerprint density at radius 1 is 0.367 bits per heavy atom. The number of rotatable bonds is 9. The number of fused-ring (bicyclic) bond motifs is 9. The van der Waals surface area contributed by atoms with Crippen LogP contribution in [0.15, 0.2) is 164 Å². The topological polar surface area (TPSA) is 18.1 Å². The number of pyridine rings is 3. The second-order valence-electron chi connectivity index (χ2n) is 17.3. The van der Waals surface area contributed by atoms with Crippen molar-refractivity contribution < 1.29 is 13.7 Å². The molecule has 300 valence electrons. The summed E-state index contributed by atoms with van der Waals surface area (Å²) in [5, 5.41) is 12.0. The summed E-state index contributed by atoms with van der Waals surface area (Å²) in [4.78, 5) is 5.57. The van der Waals surface area contributed by atoms with Gasteiger partial charge in [-0.25, -0.2) is 0 Å². The Hall–Kier alpha value is -5.75. The quantitative estimate of drug-likeness (QED) is 0.107. The maximum atomic E-state index is 2.78. The molecule has 0 saturated carbocycles. The monoisotopic (exact) mass is 788 g/mol. The van der Waals surface area contributed by atoms with Gasteiger partial charge < -0.3 is 0 Å². The molecular weight excluding hydrogens is 731 g/mol. The van der Waals surface area contributed by atoms with Gasteiger partial charge in [-0.1, -0.05) is 91.0 Å². The van der Waals surface area contributed by atoms with Gasteiger partial charge in [-0.3, -0.25) is 9.80 Å². The standard InChI is InChI=1S/C55H58N5/c1-4-21-47-44(18-1)40-58(53-27-10-7-24-50(47)53)35-30-43-16-13-31-56(36-38-59-41-45-19-2-5-22-48(45)51-25-8-11-28-54(51)59)33-15-34-57(32-14-17-43)37-39-60-42-46-20-3-6-23-49(46)52-26-9-12-29-55(52)60/h1-12,18-29,40-43H,13-17,30-39H2/q+3. The second kappa shape index (κ2) is 17.8. The molecule has 1 saturated heterocycles. The number of benzene rings is 6. The van der Waals surface area contributed by atoms with Crippen LogP contribution in [0.2, 0.25) is 0 Å². The van der Waals surface area contributed by atoms with Crippen LogP contribution >= 0.6 is 0 Å². The van der Waals surface area contributed by atoms with Crippen molar-refractivity contribution in [2.24, 2.45) is 5.92 Å². The fourth-order valence-electron chi connectivity index (χ4n) is 10.3. The molecule has 0 amide bonds. The van der Waals surface area contributed by atoms with E-state index < -0.39 is 0 Å². The van der Waals surface area contributed by atoms with Crippen LogP contribution in [-0.4, -0.2) is 49.1 Å². The Balaban J connectivity index is 0.888. The summed E-state index contributed by atoms with van der Waals surface area (Å²) < 4.78 is 7.57. The van der Waals surface area contributed by atoms with E-state index >= 15 is 0 Å². The van der Waals surface area contributed by atoms with E-state index in [0.717, 1.165) is 58.9 Å². The van der Waals surface area contributed by atoms with Crippen molar-refractivity contribution in [3.63, 3.8) is 0 Å². The van der Waals surface area contributed by atoms with Gasteiger partial charge in [-0.2, -0.15) is 13.7 Å². The lowest BCUT2D eigenvalue weighted by molar-refractivity contribution is -0.671. The largest absolute Gasteiger partial charge is 0.297 e. The van der Waals surface area contributed by atoms with E-state index in [4.69, 9.17) is 0 Å². The molecule has 4 heterocycles. The predicted molar refractivity (Wildman–Crippen MR) is 249 cm³/mol. The van der Waals surface area contributed by atoms with Gasteiger partial charge in [0.2, 0.25) is 16.6 Å². The molecule has 10 rings (SSSR count). The molecule has 0 N–H and O–H groups in total. The lowest BCUT2D eigenvalue weighted by atomic mass is 9.93. The van der Waals surface area contributed by atoms with E-state index in [9.17, 15) is 0 Å². The molecule has 1 aliphatic heterocycles. The minimum Gasteiger partial charge on any atom is -0.297 e. The van der Waals surface area contributed by atoms with E-state index in [1.54, 1.807) is 0 Å². The molecule has 1 fully saturated rings.